The van der Waals surface area contributed by atoms with Crippen molar-refractivity contribution in [3.63, 3.8) is 0 Å². The molecule has 6 heteroatoms. The van der Waals surface area contributed by atoms with Crippen molar-refractivity contribution in [2.24, 2.45) is 0 Å². The van der Waals surface area contributed by atoms with Crippen molar-refractivity contribution in [1.29, 1.82) is 0 Å². The van der Waals surface area contributed by atoms with E-state index >= 15 is 0 Å². The lowest BCUT2D eigenvalue weighted by molar-refractivity contribution is -0.119. The highest BCUT2D eigenvalue weighted by molar-refractivity contribution is 8.04. The smallest absolute Gasteiger partial charge is 0.272 e. The maximum Gasteiger partial charge on any atom is 0.272 e. The summed E-state index contributed by atoms with van der Waals surface area (Å²) in [7, 11) is 0. The predicted octanol–water partition coefficient (Wildman–Crippen LogP) is 5.47. The van der Waals surface area contributed by atoms with E-state index in [-0.39, 0.29) is 17.1 Å². The number of nitrogens with zero attached hydrogens (tertiary/aromatic N) is 1. The monoisotopic (exact) mass is 415 g/mol. The van der Waals surface area contributed by atoms with Crippen LogP contribution in [0.5, 0.6) is 5.75 Å². The molecule has 0 atom stereocenters. The number of rotatable bonds is 6. The predicted molar refractivity (Wildman–Crippen MR) is 116 cm³/mol. The maximum atomic E-state index is 13.3. The van der Waals surface area contributed by atoms with Gasteiger partial charge in [0.15, 0.2) is 0 Å². The third-order valence-corrected chi connectivity index (χ3v) is 5.82. The fraction of sp³-hybridized carbons (Fsp3) is 0.273. The zero-order chi connectivity index (χ0) is 20.4. The van der Waals surface area contributed by atoms with E-state index in [9.17, 15) is 9.59 Å². The van der Waals surface area contributed by atoms with Gasteiger partial charge >= 0.3 is 0 Å². The van der Waals surface area contributed by atoms with Gasteiger partial charge in [0.2, 0.25) is 0 Å². The molecule has 0 N–H and O–H groups in total. The summed E-state index contributed by atoms with van der Waals surface area (Å²) in [5.74, 6) is 0.0878. The van der Waals surface area contributed by atoms with Crippen LogP contribution < -0.4 is 9.64 Å². The van der Waals surface area contributed by atoms with E-state index in [2.05, 4.69) is 0 Å². The van der Waals surface area contributed by atoms with E-state index in [0.717, 1.165) is 5.75 Å². The first-order chi connectivity index (χ1) is 13.3. The Hall–Kier alpha value is -2.24. The minimum atomic E-state index is -0.331. The van der Waals surface area contributed by atoms with Gasteiger partial charge in [-0.25, -0.2) is 4.90 Å². The number of ether oxygens (including phenoxy) is 1. The third-order valence-electron chi connectivity index (χ3n) is 4.33. The molecule has 0 saturated heterocycles. The Morgan fingerprint density at radius 1 is 1.07 bits per heavy atom. The number of benzene rings is 2. The molecule has 1 aliphatic heterocycles. The van der Waals surface area contributed by atoms with E-state index in [4.69, 9.17) is 16.3 Å². The van der Waals surface area contributed by atoms with E-state index in [1.807, 2.05) is 52.0 Å². The number of carbonyl (C=O) groups is 2. The SMILES string of the molecule is CCOc1ccc(C2=C(SC(C)C)C(=O)N(c3cccc(Cl)c3C)C2=O)cc1. The Kier molecular flexibility index (Phi) is 6.16. The first kappa shape index (κ1) is 20.5. The minimum Gasteiger partial charge on any atom is -0.494 e. The number of thioether (sulfide) groups is 1. The molecular weight excluding hydrogens is 394 g/mol. The Labute approximate surface area is 174 Å². The lowest BCUT2D eigenvalue weighted by Crippen LogP contribution is -2.32. The molecule has 1 aliphatic rings. The van der Waals surface area contributed by atoms with E-state index < -0.39 is 0 Å². The van der Waals surface area contributed by atoms with Crippen LogP contribution in [0.1, 0.15) is 31.9 Å². The summed E-state index contributed by atoms with van der Waals surface area (Å²) in [6.07, 6.45) is 0. The molecule has 0 radical (unpaired) electrons. The van der Waals surface area contributed by atoms with Crippen LogP contribution in [0.15, 0.2) is 47.4 Å². The zero-order valence-electron chi connectivity index (χ0n) is 16.3. The molecule has 2 aromatic carbocycles. The van der Waals surface area contributed by atoms with Gasteiger partial charge in [-0.3, -0.25) is 9.59 Å². The second kappa shape index (κ2) is 8.41. The summed E-state index contributed by atoms with van der Waals surface area (Å²) in [5, 5.41) is 0.676. The molecule has 2 aromatic rings. The molecule has 0 bridgehead atoms. The molecule has 1 heterocycles. The highest BCUT2D eigenvalue weighted by atomic mass is 35.5. The van der Waals surface area contributed by atoms with Crippen molar-refractivity contribution in [3.05, 3.63) is 63.5 Å². The number of hydrogen-bond acceptors (Lipinski definition) is 4. The van der Waals surface area contributed by atoms with Crippen molar-refractivity contribution < 1.29 is 14.3 Å². The summed E-state index contributed by atoms with van der Waals surface area (Å²) in [6, 6.07) is 12.5. The van der Waals surface area contributed by atoms with Gasteiger partial charge in [-0.15, -0.1) is 11.8 Å². The average Bonchev–Trinajstić information content (AvgIpc) is 2.88. The van der Waals surface area contributed by atoms with Gasteiger partial charge in [0.25, 0.3) is 11.8 Å². The van der Waals surface area contributed by atoms with E-state index in [1.165, 1.54) is 16.7 Å². The first-order valence-electron chi connectivity index (χ1n) is 9.13. The molecule has 0 saturated carbocycles. The summed E-state index contributed by atoms with van der Waals surface area (Å²) in [6.45, 7) is 8.29. The fourth-order valence-electron chi connectivity index (χ4n) is 3.05. The molecular formula is C22H22ClNO3S. The minimum absolute atomic E-state index is 0.157. The highest BCUT2D eigenvalue weighted by Gasteiger charge is 2.41. The number of anilines is 1. The van der Waals surface area contributed by atoms with Crippen LogP contribution in [0, 0.1) is 6.92 Å². The van der Waals surface area contributed by atoms with Crippen molar-refractivity contribution >= 4 is 46.4 Å². The van der Waals surface area contributed by atoms with Crippen molar-refractivity contribution in [3.8, 4) is 5.75 Å². The molecule has 4 nitrogen and oxygen atoms in total. The molecule has 3 rings (SSSR count). The van der Waals surface area contributed by atoms with Crippen molar-refractivity contribution in [2.45, 2.75) is 32.9 Å². The quantitative estimate of drug-likeness (QED) is 0.586. The number of imide groups is 1. The van der Waals surface area contributed by atoms with Gasteiger partial charge in [-0.1, -0.05) is 43.6 Å². The molecule has 28 heavy (non-hydrogen) atoms. The lowest BCUT2D eigenvalue weighted by Gasteiger charge is -2.18. The molecule has 0 aromatic heterocycles. The van der Waals surface area contributed by atoms with Crippen molar-refractivity contribution in [1.82, 2.24) is 0 Å². The molecule has 0 aliphatic carbocycles. The van der Waals surface area contributed by atoms with Crippen LogP contribution >= 0.6 is 23.4 Å². The normalized spacial score (nSPS) is 14.4. The van der Waals surface area contributed by atoms with Gasteiger partial charge < -0.3 is 4.74 Å². The Morgan fingerprint density at radius 3 is 2.36 bits per heavy atom. The number of carbonyl (C=O) groups excluding carboxylic acids is 2. The number of amides is 2. The summed E-state index contributed by atoms with van der Waals surface area (Å²) >= 11 is 7.63. The van der Waals surface area contributed by atoms with Crippen LogP contribution in [-0.4, -0.2) is 23.7 Å². The van der Waals surface area contributed by atoms with Gasteiger partial charge in [0.1, 0.15) is 5.75 Å². The number of hydrogen-bond donors (Lipinski definition) is 0. The molecule has 2 amide bonds. The Bertz CT molecular complexity index is 951. The number of halogens is 1. The summed E-state index contributed by atoms with van der Waals surface area (Å²) < 4.78 is 5.48. The topological polar surface area (TPSA) is 46.6 Å². The van der Waals surface area contributed by atoms with Gasteiger partial charge in [-0.05, 0) is 49.2 Å². The highest BCUT2D eigenvalue weighted by Crippen LogP contribution is 2.41. The van der Waals surface area contributed by atoms with Crippen LogP contribution in [0.25, 0.3) is 5.57 Å². The Morgan fingerprint density at radius 2 is 1.75 bits per heavy atom. The standard InChI is InChI=1S/C22H22ClNO3S/c1-5-27-16-11-9-15(10-12-16)19-20(28-13(2)3)22(26)24(21(19)25)18-8-6-7-17(23)14(18)4/h6-13H,5H2,1-4H3. The van der Waals surface area contributed by atoms with Crippen LogP contribution in [0.2, 0.25) is 5.02 Å². The molecule has 146 valence electrons. The second-order valence-corrected chi connectivity index (χ2v) is 8.65. The van der Waals surface area contributed by atoms with Gasteiger partial charge in [0.05, 0.1) is 22.8 Å². The van der Waals surface area contributed by atoms with Gasteiger partial charge in [-0.2, -0.15) is 0 Å². The van der Waals surface area contributed by atoms with E-state index in [0.29, 0.717) is 38.9 Å². The third kappa shape index (κ3) is 3.82. The fourth-order valence-corrected chi connectivity index (χ4v) is 4.21. The van der Waals surface area contributed by atoms with Crippen LogP contribution in [-0.2, 0) is 9.59 Å². The molecule has 0 unspecified atom stereocenters. The van der Waals surface area contributed by atoms with Crippen LogP contribution in [0.4, 0.5) is 5.69 Å². The molecule has 0 spiro atoms. The summed E-state index contributed by atoms with van der Waals surface area (Å²) in [5.41, 5.74) is 2.34. The van der Waals surface area contributed by atoms with Gasteiger partial charge in [0, 0.05) is 10.3 Å². The lowest BCUT2D eigenvalue weighted by atomic mass is 10.1. The average molecular weight is 416 g/mol. The largest absolute Gasteiger partial charge is 0.494 e. The van der Waals surface area contributed by atoms with E-state index in [1.54, 1.807) is 18.2 Å². The Balaban J connectivity index is 2.09. The first-order valence-corrected chi connectivity index (χ1v) is 10.4. The zero-order valence-corrected chi connectivity index (χ0v) is 17.9. The second-order valence-electron chi connectivity index (χ2n) is 6.66. The van der Waals surface area contributed by atoms with Crippen molar-refractivity contribution in [2.75, 3.05) is 11.5 Å². The molecule has 0 fully saturated rings. The van der Waals surface area contributed by atoms with Crippen LogP contribution in [0.3, 0.4) is 0 Å². The maximum absolute atomic E-state index is 13.3. The summed E-state index contributed by atoms with van der Waals surface area (Å²) in [4.78, 5) is 28.3.